The molecule has 41 heavy (non-hydrogen) atoms. The van der Waals surface area contributed by atoms with Crippen molar-refractivity contribution in [1.29, 1.82) is 0 Å². The molecule has 0 saturated carbocycles. The largest absolute Gasteiger partial charge is 0.488 e. The number of aromatic carboxylic acids is 1. The number of pyridine rings is 1. The lowest BCUT2D eigenvalue weighted by atomic mass is 10.0. The van der Waals surface area contributed by atoms with E-state index in [4.69, 9.17) is 4.74 Å². The van der Waals surface area contributed by atoms with Crippen LogP contribution in [0, 0.1) is 5.92 Å². The molecule has 0 bridgehead atoms. The van der Waals surface area contributed by atoms with E-state index in [0.717, 1.165) is 5.56 Å². The lowest BCUT2D eigenvalue weighted by Gasteiger charge is -2.34. The molecule has 0 saturated heterocycles. The van der Waals surface area contributed by atoms with Crippen LogP contribution < -0.4 is 10.1 Å². The number of hydrogen-bond donors (Lipinski definition) is 3. The quantitative estimate of drug-likeness (QED) is 0.363. The first-order valence-corrected chi connectivity index (χ1v) is 13.6. The summed E-state index contributed by atoms with van der Waals surface area (Å²) in [5, 5.41) is 21.9. The van der Waals surface area contributed by atoms with Gasteiger partial charge in [-0.2, -0.15) is 0 Å². The number of aliphatic hydroxyl groups excluding tert-OH is 1. The molecule has 0 radical (unpaired) electrons. The summed E-state index contributed by atoms with van der Waals surface area (Å²) in [5.74, 6) is -0.889. The SMILES string of the molecule is C[C@H](CO)N1C[C@H](C)[C@@H](CN(C)Cc2ccc(C(=O)O)cc2)Oc2ccc(NC(=O)c3ccncc3)cc2CC1=O. The number of aromatic nitrogens is 1. The van der Waals surface area contributed by atoms with E-state index in [9.17, 15) is 24.6 Å². The molecule has 3 N–H and O–H groups in total. The number of nitrogens with one attached hydrogen (secondary N) is 1. The molecule has 4 rings (SSSR count). The molecule has 2 heterocycles. The highest BCUT2D eigenvalue weighted by Crippen LogP contribution is 2.29. The van der Waals surface area contributed by atoms with Gasteiger partial charge in [0.2, 0.25) is 5.91 Å². The predicted octanol–water partition coefficient (Wildman–Crippen LogP) is 3.31. The van der Waals surface area contributed by atoms with Gasteiger partial charge < -0.3 is 25.2 Å². The normalized spacial score (nSPS) is 18.0. The second kappa shape index (κ2) is 13.4. The number of anilines is 1. The third-order valence-electron chi connectivity index (χ3n) is 7.26. The van der Waals surface area contributed by atoms with E-state index in [1.54, 1.807) is 71.9 Å². The van der Waals surface area contributed by atoms with Crippen molar-refractivity contribution in [2.24, 2.45) is 5.92 Å². The molecule has 0 unspecified atom stereocenters. The number of carbonyl (C=O) groups excluding carboxylic acids is 2. The fourth-order valence-electron chi connectivity index (χ4n) is 4.87. The van der Waals surface area contributed by atoms with E-state index in [1.807, 2.05) is 20.9 Å². The molecule has 10 heteroatoms. The van der Waals surface area contributed by atoms with Crippen molar-refractivity contribution in [3.05, 3.63) is 89.2 Å². The van der Waals surface area contributed by atoms with Gasteiger partial charge in [-0.05, 0) is 62.0 Å². The van der Waals surface area contributed by atoms with Gasteiger partial charge in [-0.15, -0.1) is 0 Å². The number of fused-ring (bicyclic) bond motifs is 1. The number of aliphatic hydroxyl groups is 1. The third-order valence-corrected chi connectivity index (χ3v) is 7.26. The second-order valence-corrected chi connectivity index (χ2v) is 10.6. The standard InChI is InChI=1S/C31H36N4O6/c1-20-16-35(21(2)19-36)29(37)15-25-14-26(33-30(38)23-10-12-32-13-11-23)8-9-27(25)41-28(20)18-34(3)17-22-4-6-24(7-5-22)31(39)40/h4-14,20-21,28,36H,15-19H2,1-3H3,(H,33,38)(H,39,40)/t20-,21+,28+/m0/s1. The van der Waals surface area contributed by atoms with Crippen LogP contribution in [0.15, 0.2) is 67.0 Å². The molecule has 0 spiro atoms. The number of amides is 2. The Morgan fingerprint density at radius 1 is 1.12 bits per heavy atom. The average Bonchev–Trinajstić information content (AvgIpc) is 3.00. The number of carboxylic acid groups (broad SMARTS) is 1. The molecule has 10 nitrogen and oxygen atoms in total. The molecule has 2 aromatic carbocycles. The summed E-state index contributed by atoms with van der Waals surface area (Å²) in [6, 6.07) is 14.9. The zero-order chi connectivity index (χ0) is 29.5. The number of carboxylic acids is 1. The fraction of sp³-hybridized carbons (Fsp3) is 0.355. The summed E-state index contributed by atoms with van der Waals surface area (Å²) in [7, 11) is 1.96. The van der Waals surface area contributed by atoms with Gasteiger partial charge in [-0.25, -0.2) is 4.79 Å². The Balaban J connectivity index is 1.57. The lowest BCUT2D eigenvalue weighted by Crippen LogP contribution is -2.47. The average molecular weight is 561 g/mol. The minimum Gasteiger partial charge on any atom is -0.488 e. The van der Waals surface area contributed by atoms with Gasteiger partial charge >= 0.3 is 5.97 Å². The number of benzene rings is 2. The number of ether oxygens (including phenoxy) is 1. The summed E-state index contributed by atoms with van der Waals surface area (Å²) in [4.78, 5) is 45.1. The summed E-state index contributed by atoms with van der Waals surface area (Å²) >= 11 is 0. The van der Waals surface area contributed by atoms with Crippen molar-refractivity contribution in [1.82, 2.24) is 14.8 Å². The number of carbonyl (C=O) groups is 3. The van der Waals surface area contributed by atoms with Crippen LogP contribution in [-0.2, 0) is 17.8 Å². The topological polar surface area (TPSA) is 132 Å². The minimum absolute atomic E-state index is 0.0594. The van der Waals surface area contributed by atoms with Crippen LogP contribution in [-0.4, -0.2) is 81.7 Å². The zero-order valence-electron chi connectivity index (χ0n) is 23.5. The first-order chi connectivity index (χ1) is 19.6. The summed E-state index contributed by atoms with van der Waals surface area (Å²) < 4.78 is 6.56. The molecular formula is C31H36N4O6. The highest BCUT2D eigenvalue weighted by Gasteiger charge is 2.31. The monoisotopic (exact) mass is 560 g/mol. The van der Waals surface area contributed by atoms with Crippen molar-refractivity contribution in [2.75, 3.05) is 32.1 Å². The van der Waals surface area contributed by atoms with E-state index in [2.05, 4.69) is 15.2 Å². The highest BCUT2D eigenvalue weighted by molar-refractivity contribution is 6.04. The first-order valence-electron chi connectivity index (χ1n) is 13.6. The number of hydrogen-bond acceptors (Lipinski definition) is 7. The molecule has 216 valence electrons. The summed E-state index contributed by atoms with van der Waals surface area (Å²) in [5.41, 5.74) is 2.85. The maximum Gasteiger partial charge on any atom is 0.335 e. The second-order valence-electron chi connectivity index (χ2n) is 10.6. The van der Waals surface area contributed by atoms with Crippen LogP contribution in [0.2, 0.25) is 0 Å². The van der Waals surface area contributed by atoms with Gasteiger partial charge in [0.05, 0.1) is 24.6 Å². The lowest BCUT2D eigenvalue weighted by molar-refractivity contribution is -0.134. The van der Waals surface area contributed by atoms with Crippen molar-refractivity contribution in [3.8, 4) is 5.75 Å². The molecule has 3 aromatic rings. The molecule has 0 aliphatic carbocycles. The molecule has 2 amide bonds. The van der Waals surface area contributed by atoms with Crippen LogP contribution >= 0.6 is 0 Å². The minimum atomic E-state index is -0.965. The smallest absolute Gasteiger partial charge is 0.335 e. The van der Waals surface area contributed by atoms with Gasteiger partial charge in [0.1, 0.15) is 11.9 Å². The van der Waals surface area contributed by atoms with Crippen LogP contribution in [0.1, 0.15) is 45.7 Å². The molecular weight excluding hydrogens is 524 g/mol. The Labute approximate surface area is 239 Å². The Hall–Kier alpha value is -4.28. The van der Waals surface area contributed by atoms with Crippen molar-refractivity contribution in [2.45, 2.75) is 39.0 Å². The first kappa shape index (κ1) is 29.7. The van der Waals surface area contributed by atoms with Crippen LogP contribution in [0.4, 0.5) is 5.69 Å². The van der Waals surface area contributed by atoms with Crippen molar-refractivity contribution in [3.63, 3.8) is 0 Å². The van der Waals surface area contributed by atoms with Gasteiger partial charge in [0, 0.05) is 54.8 Å². The van der Waals surface area contributed by atoms with E-state index >= 15 is 0 Å². The number of likely N-dealkylation sites (N-methyl/N-ethyl adjacent to an activating group) is 1. The predicted molar refractivity (Wildman–Crippen MR) is 154 cm³/mol. The molecule has 0 fully saturated rings. The highest BCUT2D eigenvalue weighted by atomic mass is 16.5. The maximum absolute atomic E-state index is 13.4. The molecule has 1 aliphatic rings. The Bertz CT molecular complexity index is 1360. The van der Waals surface area contributed by atoms with Crippen molar-refractivity contribution >= 4 is 23.5 Å². The fourth-order valence-corrected chi connectivity index (χ4v) is 4.87. The summed E-state index contributed by atoms with van der Waals surface area (Å²) in [6.07, 6.45) is 2.86. The Kier molecular flexibility index (Phi) is 9.69. The van der Waals surface area contributed by atoms with Gasteiger partial charge in [-0.3, -0.25) is 19.5 Å². The summed E-state index contributed by atoms with van der Waals surface area (Å²) in [6.45, 7) is 5.21. The van der Waals surface area contributed by atoms with Gasteiger partial charge in [0.15, 0.2) is 0 Å². The van der Waals surface area contributed by atoms with E-state index in [0.29, 0.717) is 42.2 Å². The zero-order valence-corrected chi connectivity index (χ0v) is 23.5. The van der Waals surface area contributed by atoms with Crippen LogP contribution in [0.5, 0.6) is 5.75 Å². The van der Waals surface area contributed by atoms with Crippen LogP contribution in [0.3, 0.4) is 0 Å². The van der Waals surface area contributed by atoms with E-state index in [1.165, 1.54) is 0 Å². The maximum atomic E-state index is 13.4. The Morgan fingerprint density at radius 3 is 2.49 bits per heavy atom. The van der Waals surface area contributed by atoms with Crippen LogP contribution in [0.25, 0.3) is 0 Å². The van der Waals surface area contributed by atoms with E-state index in [-0.39, 0.29) is 48.5 Å². The molecule has 3 atom stereocenters. The third kappa shape index (κ3) is 7.68. The van der Waals surface area contributed by atoms with Crippen molar-refractivity contribution < 1.29 is 29.3 Å². The van der Waals surface area contributed by atoms with Gasteiger partial charge in [0.25, 0.3) is 5.91 Å². The number of nitrogens with zero attached hydrogens (tertiary/aromatic N) is 3. The van der Waals surface area contributed by atoms with Gasteiger partial charge in [-0.1, -0.05) is 19.1 Å². The molecule has 1 aromatic heterocycles. The van der Waals surface area contributed by atoms with E-state index < -0.39 is 5.97 Å². The Morgan fingerprint density at radius 2 is 1.83 bits per heavy atom. The molecule has 1 aliphatic heterocycles. The number of rotatable bonds is 9.